The van der Waals surface area contributed by atoms with Gasteiger partial charge in [-0.15, -0.1) is 0 Å². The lowest BCUT2D eigenvalue weighted by atomic mass is 10.0. The molecule has 0 spiro atoms. The van der Waals surface area contributed by atoms with Gasteiger partial charge in [0.1, 0.15) is 0 Å². The van der Waals surface area contributed by atoms with Crippen molar-refractivity contribution in [2.75, 3.05) is 25.0 Å². The van der Waals surface area contributed by atoms with Gasteiger partial charge in [0, 0.05) is 11.7 Å². The van der Waals surface area contributed by atoms with E-state index in [2.05, 4.69) is 10.2 Å². The van der Waals surface area contributed by atoms with Crippen LogP contribution in [0.3, 0.4) is 0 Å². The maximum Gasteiger partial charge on any atom is 0.238 e. The normalized spacial score (nSPS) is 20.2. The summed E-state index contributed by atoms with van der Waals surface area (Å²) in [5.41, 5.74) is 2.00. The van der Waals surface area contributed by atoms with Gasteiger partial charge in [-0.2, -0.15) is 0 Å². The average molecular weight is 262 g/mol. The van der Waals surface area contributed by atoms with Crippen molar-refractivity contribution in [1.29, 1.82) is 0 Å². The fraction of sp³-hybridized carbons (Fsp3) is 0.533. The monoisotopic (exact) mass is 262 g/mol. The number of aliphatic hydroxyl groups is 1. The van der Waals surface area contributed by atoms with Crippen LogP contribution in [0.5, 0.6) is 0 Å². The van der Waals surface area contributed by atoms with Gasteiger partial charge in [-0.1, -0.05) is 24.1 Å². The molecule has 0 aliphatic carbocycles. The van der Waals surface area contributed by atoms with Crippen LogP contribution >= 0.6 is 0 Å². The fourth-order valence-corrected chi connectivity index (χ4v) is 2.50. The maximum atomic E-state index is 12.0. The Morgan fingerprint density at radius 2 is 2.11 bits per heavy atom. The predicted molar refractivity (Wildman–Crippen MR) is 76.1 cm³/mol. The van der Waals surface area contributed by atoms with Gasteiger partial charge >= 0.3 is 0 Å². The molecular weight excluding hydrogens is 240 g/mol. The molecule has 1 unspecified atom stereocenters. The number of anilines is 1. The first kappa shape index (κ1) is 14.0. The number of nitrogens with one attached hydrogen (secondary N) is 1. The summed E-state index contributed by atoms with van der Waals surface area (Å²) < 4.78 is 0. The van der Waals surface area contributed by atoms with Gasteiger partial charge in [-0.05, 0) is 38.4 Å². The van der Waals surface area contributed by atoms with E-state index in [9.17, 15) is 9.90 Å². The number of amides is 1. The number of carbonyl (C=O) groups excluding carboxylic acids is 1. The fourth-order valence-electron chi connectivity index (χ4n) is 2.50. The molecule has 1 fully saturated rings. The minimum atomic E-state index is -0.01000. The molecule has 19 heavy (non-hydrogen) atoms. The molecule has 4 nitrogen and oxygen atoms in total. The Labute approximate surface area is 114 Å². The molecular formula is C15H22N2O2. The molecule has 1 aliphatic rings. The third-order valence-corrected chi connectivity index (χ3v) is 3.64. The highest BCUT2D eigenvalue weighted by atomic mass is 16.3. The highest BCUT2D eigenvalue weighted by molar-refractivity contribution is 5.92. The summed E-state index contributed by atoms with van der Waals surface area (Å²) in [4.78, 5) is 14.1. The molecule has 0 radical (unpaired) electrons. The molecule has 1 saturated heterocycles. The van der Waals surface area contributed by atoms with Crippen molar-refractivity contribution < 1.29 is 9.90 Å². The standard InChI is InChI=1S/C15H22N2O2/c1-12-5-7-13(8-6-12)16-15(19)10-17-9-3-2-4-14(17)11-18/h5-8,14,18H,2-4,9-11H2,1H3,(H,16,19). The second-order valence-corrected chi connectivity index (χ2v) is 5.22. The van der Waals surface area contributed by atoms with Crippen molar-refractivity contribution in [2.45, 2.75) is 32.2 Å². The van der Waals surface area contributed by atoms with Crippen LogP contribution < -0.4 is 5.32 Å². The second-order valence-electron chi connectivity index (χ2n) is 5.22. The average Bonchev–Trinajstić information content (AvgIpc) is 2.42. The third kappa shape index (κ3) is 4.04. The molecule has 1 heterocycles. The molecule has 0 aromatic heterocycles. The number of benzene rings is 1. The Hall–Kier alpha value is -1.39. The molecule has 104 valence electrons. The van der Waals surface area contributed by atoms with E-state index < -0.39 is 0 Å². The van der Waals surface area contributed by atoms with Crippen molar-refractivity contribution >= 4 is 11.6 Å². The smallest absolute Gasteiger partial charge is 0.238 e. The summed E-state index contributed by atoms with van der Waals surface area (Å²) in [6, 6.07) is 7.91. The van der Waals surface area contributed by atoms with E-state index in [1.54, 1.807) is 0 Å². The molecule has 1 aromatic carbocycles. The number of nitrogens with zero attached hydrogens (tertiary/aromatic N) is 1. The first-order chi connectivity index (χ1) is 9.19. The van der Waals surface area contributed by atoms with Crippen molar-refractivity contribution in [3.63, 3.8) is 0 Å². The summed E-state index contributed by atoms with van der Waals surface area (Å²) in [5, 5.41) is 12.2. The highest BCUT2D eigenvalue weighted by Gasteiger charge is 2.23. The van der Waals surface area contributed by atoms with E-state index in [0.29, 0.717) is 6.54 Å². The Balaban J connectivity index is 1.88. The number of aryl methyl sites for hydroxylation is 1. The second kappa shape index (κ2) is 6.68. The largest absolute Gasteiger partial charge is 0.395 e. The van der Waals surface area contributed by atoms with Crippen LogP contribution in [0, 0.1) is 6.92 Å². The van der Waals surface area contributed by atoms with Crippen molar-refractivity contribution in [3.05, 3.63) is 29.8 Å². The number of rotatable bonds is 4. The van der Waals surface area contributed by atoms with Gasteiger partial charge in [0.05, 0.1) is 13.2 Å². The first-order valence-electron chi connectivity index (χ1n) is 6.90. The Bertz CT molecular complexity index is 417. The van der Waals surface area contributed by atoms with Crippen LogP contribution in [0.2, 0.25) is 0 Å². The van der Waals surface area contributed by atoms with E-state index >= 15 is 0 Å². The van der Waals surface area contributed by atoms with Crippen molar-refractivity contribution in [3.8, 4) is 0 Å². The van der Waals surface area contributed by atoms with Gasteiger partial charge in [-0.3, -0.25) is 9.69 Å². The summed E-state index contributed by atoms with van der Waals surface area (Å²) >= 11 is 0. The summed E-state index contributed by atoms with van der Waals surface area (Å²) in [7, 11) is 0. The number of piperidine rings is 1. The van der Waals surface area contributed by atoms with Crippen LogP contribution in [-0.4, -0.2) is 41.7 Å². The van der Waals surface area contributed by atoms with E-state index in [1.165, 1.54) is 5.56 Å². The molecule has 1 aromatic rings. The molecule has 1 aliphatic heterocycles. The Morgan fingerprint density at radius 1 is 1.37 bits per heavy atom. The lowest BCUT2D eigenvalue weighted by Crippen LogP contribution is -2.45. The Kier molecular flexibility index (Phi) is 4.93. The Morgan fingerprint density at radius 3 is 2.79 bits per heavy atom. The molecule has 0 bridgehead atoms. The van der Waals surface area contributed by atoms with Crippen LogP contribution in [0.4, 0.5) is 5.69 Å². The predicted octanol–water partition coefficient (Wildman–Crippen LogP) is 1.78. The SMILES string of the molecule is Cc1ccc(NC(=O)CN2CCCCC2CO)cc1. The van der Waals surface area contributed by atoms with Crippen LogP contribution in [0.25, 0.3) is 0 Å². The lowest BCUT2D eigenvalue weighted by Gasteiger charge is -2.33. The minimum absolute atomic E-state index is 0.01000. The van der Waals surface area contributed by atoms with Gasteiger partial charge < -0.3 is 10.4 Å². The number of hydrogen-bond donors (Lipinski definition) is 2. The van der Waals surface area contributed by atoms with E-state index in [-0.39, 0.29) is 18.6 Å². The van der Waals surface area contributed by atoms with E-state index in [4.69, 9.17) is 0 Å². The third-order valence-electron chi connectivity index (χ3n) is 3.64. The van der Waals surface area contributed by atoms with Crippen molar-refractivity contribution in [2.24, 2.45) is 0 Å². The van der Waals surface area contributed by atoms with Gasteiger partial charge in [0.25, 0.3) is 0 Å². The highest BCUT2D eigenvalue weighted by Crippen LogP contribution is 2.16. The summed E-state index contributed by atoms with van der Waals surface area (Å²) in [5.74, 6) is -0.01000. The van der Waals surface area contributed by atoms with Crippen LogP contribution in [0.1, 0.15) is 24.8 Å². The van der Waals surface area contributed by atoms with E-state index in [1.807, 2.05) is 31.2 Å². The quantitative estimate of drug-likeness (QED) is 0.869. The number of aliphatic hydroxyl groups excluding tert-OH is 1. The molecule has 1 amide bonds. The van der Waals surface area contributed by atoms with Gasteiger partial charge in [0.15, 0.2) is 0 Å². The van der Waals surface area contributed by atoms with Crippen LogP contribution in [-0.2, 0) is 4.79 Å². The molecule has 2 N–H and O–H groups in total. The van der Waals surface area contributed by atoms with Crippen molar-refractivity contribution in [1.82, 2.24) is 4.90 Å². The zero-order chi connectivity index (χ0) is 13.7. The number of likely N-dealkylation sites (tertiary alicyclic amines) is 1. The van der Waals surface area contributed by atoms with E-state index in [0.717, 1.165) is 31.5 Å². The maximum absolute atomic E-state index is 12.0. The zero-order valence-electron chi connectivity index (χ0n) is 11.4. The van der Waals surface area contributed by atoms with Gasteiger partial charge in [0.2, 0.25) is 5.91 Å². The van der Waals surface area contributed by atoms with Gasteiger partial charge in [-0.25, -0.2) is 0 Å². The molecule has 0 saturated carbocycles. The number of hydrogen-bond acceptors (Lipinski definition) is 3. The molecule has 4 heteroatoms. The first-order valence-corrected chi connectivity index (χ1v) is 6.90. The topological polar surface area (TPSA) is 52.6 Å². The summed E-state index contributed by atoms with van der Waals surface area (Å²) in [6.45, 7) is 3.41. The summed E-state index contributed by atoms with van der Waals surface area (Å²) in [6.07, 6.45) is 3.23. The van der Waals surface area contributed by atoms with Crippen LogP contribution in [0.15, 0.2) is 24.3 Å². The number of carbonyl (C=O) groups is 1. The molecule has 1 atom stereocenters. The molecule has 2 rings (SSSR count). The minimum Gasteiger partial charge on any atom is -0.395 e. The zero-order valence-corrected chi connectivity index (χ0v) is 11.4. The lowest BCUT2D eigenvalue weighted by molar-refractivity contribution is -0.118.